The number of carbonyl (C=O) groups excluding carboxylic acids is 1. The van der Waals surface area contributed by atoms with Crippen molar-refractivity contribution in [1.82, 2.24) is 19.4 Å². The first-order valence-electron chi connectivity index (χ1n) is 15.3. The van der Waals surface area contributed by atoms with Gasteiger partial charge >= 0.3 is 5.69 Å². The Hall–Kier alpha value is -2.84. The first-order valence-corrected chi connectivity index (χ1v) is 15.3. The van der Waals surface area contributed by atoms with Crippen molar-refractivity contribution in [2.75, 3.05) is 46.4 Å². The number of aryl methyl sites for hydroxylation is 1. The van der Waals surface area contributed by atoms with E-state index in [1.807, 2.05) is 64.3 Å². The molecule has 0 aliphatic carbocycles. The van der Waals surface area contributed by atoms with E-state index < -0.39 is 0 Å². The lowest BCUT2D eigenvalue weighted by atomic mass is 9.94. The lowest BCUT2D eigenvalue weighted by molar-refractivity contribution is -0.138. The van der Waals surface area contributed by atoms with Crippen molar-refractivity contribution >= 4 is 16.9 Å². The fourth-order valence-electron chi connectivity index (χ4n) is 5.19. The summed E-state index contributed by atoms with van der Waals surface area (Å²) in [5, 5.41) is 0. The van der Waals surface area contributed by atoms with Crippen LogP contribution in [0.4, 0.5) is 0 Å². The third-order valence-electron chi connectivity index (χ3n) is 7.31. The second-order valence-electron chi connectivity index (χ2n) is 9.83. The summed E-state index contributed by atoms with van der Waals surface area (Å²) < 4.78 is 11.8. The third-order valence-corrected chi connectivity index (χ3v) is 7.31. The molecule has 1 amide bonds. The highest BCUT2D eigenvalue weighted by Crippen LogP contribution is 2.22. The number of imidazole rings is 1. The molecule has 2 aliphatic heterocycles. The topological polar surface area (TPSA) is 83.7 Å². The second-order valence-corrected chi connectivity index (χ2v) is 9.83. The van der Waals surface area contributed by atoms with Gasteiger partial charge in [-0.2, -0.15) is 0 Å². The molecule has 0 bridgehead atoms. The normalized spacial score (nSPS) is 15.8. The fourth-order valence-corrected chi connectivity index (χ4v) is 5.19. The van der Waals surface area contributed by atoms with E-state index in [0.29, 0.717) is 19.1 Å². The molecule has 0 spiro atoms. The molecule has 3 aromatic rings. The highest BCUT2D eigenvalue weighted by Gasteiger charge is 2.28. The van der Waals surface area contributed by atoms with E-state index in [0.717, 1.165) is 69.4 Å². The molecule has 8 nitrogen and oxygen atoms in total. The number of fused-ring (bicyclic) bond motifs is 1. The molecule has 0 radical (unpaired) electrons. The van der Waals surface area contributed by atoms with Gasteiger partial charge in [0.1, 0.15) is 0 Å². The lowest BCUT2D eigenvalue weighted by Gasteiger charge is -2.35. The molecule has 1 N–H and O–H groups in total. The van der Waals surface area contributed by atoms with Gasteiger partial charge < -0.3 is 23.9 Å². The van der Waals surface area contributed by atoms with E-state index in [2.05, 4.69) is 14.8 Å². The van der Waals surface area contributed by atoms with Gasteiger partial charge in [-0.3, -0.25) is 9.36 Å². The number of methoxy groups -OCH3 is 1. The first-order chi connectivity index (χ1) is 19.7. The number of hydrogen-bond acceptors (Lipinski definition) is 5. The Morgan fingerprint density at radius 1 is 0.975 bits per heavy atom. The van der Waals surface area contributed by atoms with Crippen LogP contribution >= 0.6 is 0 Å². The van der Waals surface area contributed by atoms with Gasteiger partial charge in [-0.1, -0.05) is 39.8 Å². The predicted octanol–water partition coefficient (Wildman–Crippen LogP) is 5.97. The van der Waals surface area contributed by atoms with E-state index in [4.69, 9.17) is 9.15 Å². The van der Waals surface area contributed by atoms with Gasteiger partial charge in [-0.15, -0.1) is 0 Å². The number of benzene rings is 1. The van der Waals surface area contributed by atoms with E-state index in [1.165, 1.54) is 24.8 Å². The molecule has 0 unspecified atom stereocenters. The number of furan rings is 1. The number of aromatic nitrogens is 2. The average molecular weight is 557 g/mol. The molecular weight excluding hydrogens is 504 g/mol. The van der Waals surface area contributed by atoms with Crippen molar-refractivity contribution in [2.24, 2.45) is 5.92 Å². The standard InChI is InChI=1S/C17H26N2O2.C11H14N2O2.2C2H6/c20-17(19-8-2-1-3-9-19)16-5-11-18(12-6-16)10-4-15-7-13-21-14-15;1-15-8-4-7-13-10-6-3-2-5-9(10)12-11(13)14;2*1-2/h7,13-14,16H,1-6,8-12H2;2-3,5-6H,4,7-8H2,1H3,(H,12,14);2*1-2H3. The van der Waals surface area contributed by atoms with Crippen LogP contribution in [0.15, 0.2) is 52.1 Å². The summed E-state index contributed by atoms with van der Waals surface area (Å²) in [5.74, 6) is 0.692. The Morgan fingerprint density at radius 3 is 2.33 bits per heavy atom. The summed E-state index contributed by atoms with van der Waals surface area (Å²) >= 11 is 0. The summed E-state index contributed by atoms with van der Waals surface area (Å²) in [6.45, 7) is 14.5. The zero-order chi connectivity index (χ0) is 29.2. The molecule has 5 rings (SSSR count). The van der Waals surface area contributed by atoms with Crippen LogP contribution in [0.5, 0.6) is 0 Å². The zero-order valence-corrected chi connectivity index (χ0v) is 25.5. The third kappa shape index (κ3) is 10.3. The molecule has 0 atom stereocenters. The number of amides is 1. The Balaban J connectivity index is 0.000000260. The minimum Gasteiger partial charge on any atom is -0.472 e. The van der Waals surface area contributed by atoms with Crippen LogP contribution in [-0.4, -0.2) is 71.7 Å². The van der Waals surface area contributed by atoms with Crippen molar-refractivity contribution < 1.29 is 13.9 Å². The number of H-pyrrole nitrogens is 1. The van der Waals surface area contributed by atoms with Gasteiger partial charge in [0.25, 0.3) is 0 Å². The molecule has 40 heavy (non-hydrogen) atoms. The van der Waals surface area contributed by atoms with Crippen LogP contribution < -0.4 is 5.69 Å². The summed E-state index contributed by atoms with van der Waals surface area (Å²) in [4.78, 5) is 31.5. The minimum absolute atomic E-state index is 0.0488. The van der Waals surface area contributed by atoms with Gasteiger partial charge in [-0.25, -0.2) is 4.79 Å². The molecule has 224 valence electrons. The number of piperidine rings is 2. The number of aromatic amines is 1. The van der Waals surface area contributed by atoms with Gasteiger partial charge in [0.05, 0.1) is 23.6 Å². The number of likely N-dealkylation sites (tertiary alicyclic amines) is 2. The van der Waals surface area contributed by atoms with Crippen LogP contribution in [0.2, 0.25) is 0 Å². The number of rotatable bonds is 8. The number of nitrogens with one attached hydrogen (secondary N) is 1. The Bertz CT molecular complexity index is 1110. The van der Waals surface area contributed by atoms with Crippen LogP contribution in [0.3, 0.4) is 0 Å². The second kappa shape index (κ2) is 19.3. The summed E-state index contributed by atoms with van der Waals surface area (Å²) in [6.07, 6.45) is 11.2. The largest absolute Gasteiger partial charge is 0.472 e. The van der Waals surface area contributed by atoms with E-state index in [1.54, 1.807) is 17.9 Å². The lowest BCUT2D eigenvalue weighted by Crippen LogP contribution is -2.44. The number of ether oxygens (including phenoxy) is 1. The monoisotopic (exact) mass is 556 g/mol. The average Bonchev–Trinajstić information content (AvgIpc) is 3.66. The molecule has 2 fully saturated rings. The summed E-state index contributed by atoms with van der Waals surface area (Å²) in [6, 6.07) is 9.73. The van der Waals surface area contributed by atoms with Crippen LogP contribution in [0, 0.1) is 5.92 Å². The first kappa shape index (κ1) is 33.4. The van der Waals surface area contributed by atoms with Gasteiger partial charge in [0.2, 0.25) is 5.91 Å². The van der Waals surface area contributed by atoms with Crippen LogP contribution in [0.25, 0.3) is 11.0 Å². The SMILES string of the molecule is CC.CC.COCCCn1c(=O)[nH]c2ccccc21.O=C(C1CCN(CCc2ccoc2)CC1)N1CCCCC1. The zero-order valence-electron chi connectivity index (χ0n) is 25.5. The van der Waals surface area contributed by atoms with Gasteiger partial charge in [0.15, 0.2) is 0 Å². The highest BCUT2D eigenvalue weighted by molar-refractivity contribution is 5.79. The van der Waals surface area contributed by atoms with Crippen molar-refractivity contribution in [3.05, 3.63) is 58.9 Å². The number of carbonyl (C=O) groups is 1. The highest BCUT2D eigenvalue weighted by atomic mass is 16.5. The van der Waals surface area contributed by atoms with E-state index in [-0.39, 0.29) is 11.6 Å². The molecule has 8 heteroatoms. The molecule has 1 aromatic carbocycles. The van der Waals surface area contributed by atoms with E-state index in [9.17, 15) is 9.59 Å². The quantitative estimate of drug-likeness (QED) is 0.346. The Morgan fingerprint density at radius 2 is 1.68 bits per heavy atom. The molecule has 2 aromatic heterocycles. The number of nitrogens with zero attached hydrogens (tertiary/aromatic N) is 3. The Labute approximate surface area is 240 Å². The van der Waals surface area contributed by atoms with Gasteiger partial charge in [-0.05, 0) is 81.8 Å². The minimum atomic E-state index is -0.0488. The number of para-hydroxylation sites is 2. The maximum atomic E-state index is 12.5. The van der Waals surface area contributed by atoms with Crippen molar-refractivity contribution in [1.29, 1.82) is 0 Å². The predicted molar refractivity (Wildman–Crippen MR) is 164 cm³/mol. The van der Waals surface area contributed by atoms with Crippen LogP contribution in [0.1, 0.15) is 71.8 Å². The van der Waals surface area contributed by atoms with Crippen molar-refractivity contribution in [2.45, 2.75) is 79.2 Å². The molecule has 2 saturated heterocycles. The summed E-state index contributed by atoms with van der Waals surface area (Å²) in [7, 11) is 1.66. The maximum Gasteiger partial charge on any atom is 0.326 e. The van der Waals surface area contributed by atoms with Gasteiger partial charge in [0, 0.05) is 45.8 Å². The molecule has 2 aliphatic rings. The number of hydrogen-bond donors (Lipinski definition) is 1. The van der Waals surface area contributed by atoms with Crippen molar-refractivity contribution in [3.63, 3.8) is 0 Å². The Kier molecular flexibility index (Phi) is 16.1. The van der Waals surface area contributed by atoms with Crippen molar-refractivity contribution in [3.8, 4) is 0 Å². The van der Waals surface area contributed by atoms with Crippen LogP contribution in [-0.2, 0) is 22.5 Å². The maximum absolute atomic E-state index is 12.5. The molecule has 4 heterocycles. The van der Waals surface area contributed by atoms with E-state index >= 15 is 0 Å². The summed E-state index contributed by atoms with van der Waals surface area (Å²) in [5.41, 5.74) is 3.06. The fraction of sp³-hybridized carbons (Fsp3) is 0.625. The molecule has 0 saturated carbocycles. The smallest absolute Gasteiger partial charge is 0.326 e. The molecular formula is C32H52N4O4.